The molecule has 0 aliphatic heterocycles. The molecule has 0 radical (unpaired) electrons. The fraction of sp³-hybridized carbons (Fsp3) is 0.0714. The summed E-state index contributed by atoms with van der Waals surface area (Å²) >= 11 is 14.5. The van der Waals surface area contributed by atoms with Crippen LogP contribution in [0.3, 0.4) is 0 Å². The first-order valence-corrected chi connectivity index (χ1v) is 7.08. The zero-order valence-electron chi connectivity index (χ0n) is 10.1. The van der Waals surface area contributed by atoms with Crippen LogP contribution in [-0.2, 0) is 0 Å². The van der Waals surface area contributed by atoms with Crippen molar-refractivity contribution in [3.05, 3.63) is 57.0 Å². The monoisotopic (exact) mass is 355 g/mol. The number of aryl methyl sites for hydroxylation is 1. The number of nitrogens with two attached hydrogens (primary N) is 1. The van der Waals surface area contributed by atoms with Gasteiger partial charge in [-0.1, -0.05) is 29.9 Å². The summed E-state index contributed by atoms with van der Waals surface area (Å²) in [4.78, 5) is 0.271. The molecule has 98 valence electrons. The van der Waals surface area contributed by atoms with Crippen LogP contribution in [0.5, 0.6) is 11.5 Å². The van der Waals surface area contributed by atoms with Gasteiger partial charge in [-0.25, -0.2) is 0 Å². The second kappa shape index (κ2) is 5.90. The van der Waals surface area contributed by atoms with E-state index in [1.165, 1.54) is 0 Å². The maximum Gasteiger partial charge on any atom is 0.141 e. The van der Waals surface area contributed by atoms with Crippen LogP contribution in [0.4, 0.5) is 0 Å². The summed E-state index contributed by atoms with van der Waals surface area (Å²) in [5.41, 5.74) is 7.36. The van der Waals surface area contributed by atoms with Crippen LogP contribution in [0.15, 0.2) is 40.9 Å². The normalized spacial score (nSPS) is 10.3. The van der Waals surface area contributed by atoms with Crippen molar-refractivity contribution in [2.75, 3.05) is 0 Å². The van der Waals surface area contributed by atoms with Gasteiger partial charge in [0.2, 0.25) is 0 Å². The molecule has 0 aliphatic carbocycles. The fourth-order valence-corrected chi connectivity index (χ4v) is 2.66. The number of rotatable bonds is 3. The summed E-state index contributed by atoms with van der Waals surface area (Å²) in [6, 6.07) is 11.1. The predicted octanol–water partition coefficient (Wildman–Crippen LogP) is 4.84. The standard InChI is InChI=1S/C14H11BrClNOS/c1-8-2-5-13(11(15)6-8)18-9-3-4-10(14(17)19)12(16)7-9/h2-7H,1H3,(H2,17,19). The van der Waals surface area contributed by atoms with Crippen molar-refractivity contribution in [3.8, 4) is 11.5 Å². The highest BCUT2D eigenvalue weighted by Gasteiger charge is 2.07. The van der Waals surface area contributed by atoms with Crippen molar-refractivity contribution >= 4 is 44.7 Å². The second-order valence-corrected chi connectivity index (χ2v) is 5.74. The number of ether oxygens (including phenoxy) is 1. The molecule has 2 aromatic rings. The van der Waals surface area contributed by atoms with Crippen LogP contribution in [-0.4, -0.2) is 4.99 Å². The average molecular weight is 357 g/mol. The first-order chi connectivity index (χ1) is 8.97. The van der Waals surface area contributed by atoms with Gasteiger partial charge in [0.05, 0.1) is 9.50 Å². The molecule has 19 heavy (non-hydrogen) atoms. The second-order valence-electron chi connectivity index (χ2n) is 4.04. The summed E-state index contributed by atoms with van der Waals surface area (Å²) in [5.74, 6) is 1.36. The molecule has 2 N–H and O–H groups in total. The van der Waals surface area contributed by atoms with Crippen molar-refractivity contribution in [2.24, 2.45) is 5.73 Å². The molecule has 2 rings (SSSR count). The molecule has 0 aromatic heterocycles. The Morgan fingerprint density at radius 2 is 2.00 bits per heavy atom. The van der Waals surface area contributed by atoms with E-state index in [0.717, 1.165) is 15.8 Å². The molecule has 0 saturated heterocycles. The number of hydrogen-bond donors (Lipinski definition) is 1. The van der Waals surface area contributed by atoms with E-state index in [4.69, 9.17) is 34.3 Å². The molecule has 2 nitrogen and oxygen atoms in total. The highest BCUT2D eigenvalue weighted by Crippen LogP contribution is 2.32. The maximum absolute atomic E-state index is 6.10. The quantitative estimate of drug-likeness (QED) is 0.799. The van der Waals surface area contributed by atoms with Gasteiger partial charge in [0.25, 0.3) is 0 Å². The van der Waals surface area contributed by atoms with Gasteiger partial charge in [-0.2, -0.15) is 0 Å². The Labute approximate surface area is 130 Å². The third kappa shape index (κ3) is 3.47. The summed E-state index contributed by atoms with van der Waals surface area (Å²) in [5, 5.41) is 0.480. The first-order valence-electron chi connectivity index (χ1n) is 5.51. The minimum absolute atomic E-state index is 0.271. The number of hydrogen-bond acceptors (Lipinski definition) is 2. The van der Waals surface area contributed by atoms with Crippen LogP contribution in [0.2, 0.25) is 5.02 Å². The van der Waals surface area contributed by atoms with E-state index in [1.54, 1.807) is 18.2 Å². The SMILES string of the molecule is Cc1ccc(Oc2ccc(C(N)=S)c(Cl)c2)c(Br)c1. The highest BCUT2D eigenvalue weighted by atomic mass is 79.9. The van der Waals surface area contributed by atoms with Crippen LogP contribution < -0.4 is 10.5 Å². The first kappa shape index (κ1) is 14.3. The minimum Gasteiger partial charge on any atom is -0.456 e. The number of benzene rings is 2. The molecule has 0 atom stereocenters. The average Bonchev–Trinajstić information content (AvgIpc) is 2.32. The molecule has 0 aliphatic rings. The Balaban J connectivity index is 2.29. The van der Waals surface area contributed by atoms with Crippen molar-refractivity contribution < 1.29 is 4.74 Å². The topological polar surface area (TPSA) is 35.2 Å². The van der Waals surface area contributed by atoms with Gasteiger partial charge in [0.1, 0.15) is 16.5 Å². The molecule has 0 amide bonds. The van der Waals surface area contributed by atoms with E-state index in [0.29, 0.717) is 16.3 Å². The van der Waals surface area contributed by atoms with Crippen LogP contribution in [0.1, 0.15) is 11.1 Å². The molecule has 2 aromatic carbocycles. The smallest absolute Gasteiger partial charge is 0.141 e. The zero-order chi connectivity index (χ0) is 14.0. The van der Waals surface area contributed by atoms with E-state index in [-0.39, 0.29) is 4.99 Å². The van der Waals surface area contributed by atoms with E-state index in [1.807, 2.05) is 25.1 Å². The molecule has 0 unspecified atom stereocenters. The third-order valence-electron chi connectivity index (χ3n) is 2.52. The van der Waals surface area contributed by atoms with E-state index in [9.17, 15) is 0 Å². The Bertz CT molecular complexity index is 645. The Morgan fingerprint density at radius 1 is 1.26 bits per heavy atom. The van der Waals surface area contributed by atoms with Gasteiger partial charge in [-0.15, -0.1) is 0 Å². The van der Waals surface area contributed by atoms with Gasteiger partial charge >= 0.3 is 0 Å². The Morgan fingerprint density at radius 3 is 2.58 bits per heavy atom. The summed E-state index contributed by atoms with van der Waals surface area (Å²) in [6.07, 6.45) is 0. The molecular formula is C14H11BrClNOS. The lowest BCUT2D eigenvalue weighted by Gasteiger charge is -2.10. The summed E-state index contributed by atoms with van der Waals surface area (Å²) < 4.78 is 6.66. The third-order valence-corrected chi connectivity index (χ3v) is 3.67. The van der Waals surface area contributed by atoms with E-state index >= 15 is 0 Å². The summed E-state index contributed by atoms with van der Waals surface area (Å²) in [6.45, 7) is 2.02. The van der Waals surface area contributed by atoms with Crippen molar-refractivity contribution in [1.29, 1.82) is 0 Å². The largest absolute Gasteiger partial charge is 0.456 e. The lowest BCUT2D eigenvalue weighted by atomic mass is 10.2. The Hall–Kier alpha value is -1.10. The molecule has 0 spiro atoms. The Kier molecular flexibility index (Phi) is 4.45. The molecule has 0 bridgehead atoms. The van der Waals surface area contributed by atoms with Gasteiger partial charge in [-0.3, -0.25) is 0 Å². The molecule has 5 heteroatoms. The van der Waals surface area contributed by atoms with Crippen molar-refractivity contribution in [2.45, 2.75) is 6.92 Å². The van der Waals surface area contributed by atoms with Gasteiger partial charge in [-0.05, 0) is 52.7 Å². The maximum atomic E-state index is 6.10. The molecule has 0 saturated carbocycles. The van der Waals surface area contributed by atoms with E-state index in [2.05, 4.69) is 15.9 Å². The van der Waals surface area contributed by atoms with Crippen molar-refractivity contribution in [1.82, 2.24) is 0 Å². The van der Waals surface area contributed by atoms with Crippen molar-refractivity contribution in [3.63, 3.8) is 0 Å². The van der Waals surface area contributed by atoms with Gasteiger partial charge in [0, 0.05) is 11.6 Å². The zero-order valence-corrected chi connectivity index (χ0v) is 13.3. The van der Waals surface area contributed by atoms with Crippen LogP contribution in [0.25, 0.3) is 0 Å². The number of halogens is 2. The lowest BCUT2D eigenvalue weighted by molar-refractivity contribution is 0.479. The van der Waals surface area contributed by atoms with Crippen LogP contribution in [0, 0.1) is 6.92 Å². The summed E-state index contributed by atoms with van der Waals surface area (Å²) in [7, 11) is 0. The lowest BCUT2D eigenvalue weighted by Crippen LogP contribution is -2.09. The fourth-order valence-electron chi connectivity index (χ4n) is 1.57. The predicted molar refractivity (Wildman–Crippen MR) is 86.3 cm³/mol. The molecule has 0 heterocycles. The molecule has 0 fully saturated rings. The van der Waals surface area contributed by atoms with Gasteiger partial charge < -0.3 is 10.5 Å². The van der Waals surface area contributed by atoms with Gasteiger partial charge in [0.15, 0.2) is 0 Å². The number of thiocarbonyl (C=S) groups is 1. The molecular weight excluding hydrogens is 346 g/mol. The van der Waals surface area contributed by atoms with E-state index < -0.39 is 0 Å². The highest BCUT2D eigenvalue weighted by molar-refractivity contribution is 9.10. The minimum atomic E-state index is 0.271. The van der Waals surface area contributed by atoms with Crippen LogP contribution >= 0.6 is 39.7 Å².